The van der Waals surface area contributed by atoms with E-state index in [2.05, 4.69) is 10.3 Å². The number of nitrogens with two attached hydrogens (primary N) is 1. The van der Waals surface area contributed by atoms with Crippen molar-refractivity contribution in [2.75, 3.05) is 23.4 Å². The van der Waals surface area contributed by atoms with Crippen LogP contribution in [0.1, 0.15) is 6.92 Å². The van der Waals surface area contributed by atoms with Crippen molar-refractivity contribution in [2.24, 2.45) is 5.73 Å². The van der Waals surface area contributed by atoms with Crippen molar-refractivity contribution >= 4 is 52.7 Å². The summed E-state index contributed by atoms with van der Waals surface area (Å²) in [5.41, 5.74) is 5.61. The molecule has 1 atom stereocenters. The van der Waals surface area contributed by atoms with Crippen molar-refractivity contribution in [2.45, 2.75) is 13.0 Å². The van der Waals surface area contributed by atoms with Crippen LogP contribution >= 0.6 is 35.0 Å². The van der Waals surface area contributed by atoms with E-state index in [0.29, 0.717) is 5.02 Å². The third-order valence-electron chi connectivity index (χ3n) is 2.19. The first-order chi connectivity index (χ1) is 9.93. The van der Waals surface area contributed by atoms with E-state index < -0.39 is 12.0 Å². The Morgan fingerprint density at radius 1 is 1.52 bits per heavy atom. The zero-order valence-corrected chi connectivity index (χ0v) is 13.6. The van der Waals surface area contributed by atoms with E-state index in [1.54, 1.807) is 6.92 Å². The second-order valence-electron chi connectivity index (χ2n) is 3.91. The van der Waals surface area contributed by atoms with Gasteiger partial charge in [-0.05, 0) is 13.0 Å². The summed E-state index contributed by atoms with van der Waals surface area (Å²) < 4.78 is 4.77. The molecule has 1 heterocycles. The molecule has 6 nitrogen and oxygen atoms in total. The van der Waals surface area contributed by atoms with E-state index >= 15 is 0 Å². The first-order valence-corrected chi connectivity index (χ1v) is 7.96. The first-order valence-electron chi connectivity index (χ1n) is 6.05. The number of esters is 1. The molecule has 0 aromatic carbocycles. The molecule has 1 aromatic rings. The second kappa shape index (κ2) is 9.09. The molecular weight excluding hydrogens is 337 g/mol. The van der Waals surface area contributed by atoms with Gasteiger partial charge in [-0.2, -0.15) is 0 Å². The number of nitrogens with one attached hydrogen (secondary N) is 1. The molecule has 0 spiro atoms. The van der Waals surface area contributed by atoms with E-state index in [-0.39, 0.29) is 34.9 Å². The molecule has 0 aliphatic carbocycles. The molecule has 1 amide bonds. The van der Waals surface area contributed by atoms with Gasteiger partial charge < -0.3 is 15.8 Å². The highest BCUT2D eigenvalue weighted by Gasteiger charge is 2.15. The molecule has 3 N–H and O–H groups in total. The lowest BCUT2D eigenvalue weighted by molar-refractivity contribution is -0.144. The summed E-state index contributed by atoms with van der Waals surface area (Å²) in [6, 6.07) is 0.732. The first kappa shape index (κ1) is 18.0. The number of rotatable bonds is 7. The van der Waals surface area contributed by atoms with Crippen LogP contribution in [0.2, 0.25) is 10.0 Å². The van der Waals surface area contributed by atoms with Crippen LogP contribution in [0.25, 0.3) is 0 Å². The van der Waals surface area contributed by atoms with Crippen molar-refractivity contribution in [3.8, 4) is 0 Å². The van der Waals surface area contributed by atoms with Crippen LogP contribution in [0.5, 0.6) is 0 Å². The van der Waals surface area contributed by atoms with E-state index in [4.69, 9.17) is 33.7 Å². The number of pyridine rings is 1. The van der Waals surface area contributed by atoms with Crippen molar-refractivity contribution in [1.29, 1.82) is 0 Å². The van der Waals surface area contributed by atoms with Crippen molar-refractivity contribution < 1.29 is 14.3 Å². The minimum atomic E-state index is -0.750. The number of hydrogen-bond acceptors (Lipinski definition) is 6. The number of anilines is 1. The Hall–Kier alpha value is -1.02. The number of amides is 1. The van der Waals surface area contributed by atoms with Gasteiger partial charge in [0.2, 0.25) is 5.91 Å². The Bertz CT molecular complexity index is 517. The average Bonchev–Trinajstić information content (AvgIpc) is 2.42. The minimum Gasteiger partial charge on any atom is -0.465 e. The number of nitrogens with zero attached hydrogens (tertiary/aromatic N) is 1. The molecule has 1 unspecified atom stereocenters. The van der Waals surface area contributed by atoms with Gasteiger partial charge in [-0.15, -0.1) is 11.8 Å². The van der Waals surface area contributed by atoms with Gasteiger partial charge >= 0.3 is 5.97 Å². The fraction of sp³-hybridized carbons (Fsp3) is 0.417. The maximum absolute atomic E-state index is 11.7. The summed E-state index contributed by atoms with van der Waals surface area (Å²) in [6.45, 7) is 1.98. The van der Waals surface area contributed by atoms with Gasteiger partial charge in [0.1, 0.15) is 6.04 Å². The standard InChI is InChI=1S/C12H15Cl2N3O3S/c1-2-20-12(19)9(15)5-21-6-10(18)17-11-8(14)3-7(13)4-16-11/h3-4,9H,2,5-6,15H2,1H3,(H,16,17,18). The molecule has 0 fully saturated rings. The third kappa shape index (κ3) is 6.52. The fourth-order valence-electron chi connectivity index (χ4n) is 1.27. The van der Waals surface area contributed by atoms with Crippen molar-refractivity contribution in [1.82, 2.24) is 4.98 Å². The SMILES string of the molecule is CCOC(=O)C(N)CSCC(=O)Nc1ncc(Cl)cc1Cl. The van der Waals surface area contributed by atoms with Crippen LogP contribution in [-0.4, -0.2) is 41.0 Å². The molecule has 21 heavy (non-hydrogen) atoms. The Morgan fingerprint density at radius 2 is 2.24 bits per heavy atom. The Labute approximate surface area is 136 Å². The largest absolute Gasteiger partial charge is 0.465 e. The van der Waals surface area contributed by atoms with Crippen LogP contribution in [0.3, 0.4) is 0 Å². The summed E-state index contributed by atoms with van der Waals surface area (Å²) in [5, 5.41) is 3.18. The topological polar surface area (TPSA) is 94.3 Å². The summed E-state index contributed by atoms with van der Waals surface area (Å²) >= 11 is 12.8. The van der Waals surface area contributed by atoms with Crippen LogP contribution in [-0.2, 0) is 14.3 Å². The van der Waals surface area contributed by atoms with Gasteiger partial charge in [0, 0.05) is 11.9 Å². The third-order valence-corrected chi connectivity index (χ3v) is 3.74. The molecule has 0 radical (unpaired) electrons. The number of ether oxygens (including phenoxy) is 1. The molecule has 0 saturated carbocycles. The van der Waals surface area contributed by atoms with Crippen molar-refractivity contribution in [3.05, 3.63) is 22.3 Å². The quantitative estimate of drug-likeness (QED) is 0.729. The number of carbonyl (C=O) groups is 2. The molecule has 1 aromatic heterocycles. The molecule has 1 rings (SSSR count). The zero-order chi connectivity index (χ0) is 15.8. The predicted octanol–water partition coefficient (Wildman–Crippen LogP) is 1.95. The molecule has 9 heteroatoms. The van der Waals surface area contributed by atoms with E-state index in [1.807, 2.05) is 0 Å². The highest BCUT2D eigenvalue weighted by Crippen LogP contribution is 2.22. The summed E-state index contributed by atoms with van der Waals surface area (Å²) in [5.74, 6) is -0.135. The predicted molar refractivity (Wildman–Crippen MR) is 84.8 cm³/mol. The van der Waals surface area contributed by atoms with E-state index in [9.17, 15) is 9.59 Å². The number of thioether (sulfide) groups is 1. The Kier molecular flexibility index (Phi) is 7.81. The molecule has 0 saturated heterocycles. The molecule has 116 valence electrons. The maximum Gasteiger partial charge on any atom is 0.323 e. The van der Waals surface area contributed by atoms with Crippen LogP contribution in [0, 0.1) is 0 Å². The number of hydrogen-bond donors (Lipinski definition) is 2. The van der Waals surface area contributed by atoms with E-state index in [0.717, 1.165) is 0 Å². The Balaban J connectivity index is 2.36. The fourth-order valence-corrected chi connectivity index (χ4v) is 2.46. The average molecular weight is 352 g/mol. The summed E-state index contributed by atoms with van der Waals surface area (Å²) in [6.07, 6.45) is 1.38. The number of halogens is 2. The van der Waals surface area contributed by atoms with Gasteiger partial charge in [-0.1, -0.05) is 23.2 Å². The lowest BCUT2D eigenvalue weighted by Gasteiger charge is -2.10. The lowest BCUT2D eigenvalue weighted by atomic mass is 10.4. The van der Waals surface area contributed by atoms with Gasteiger partial charge in [0.15, 0.2) is 5.82 Å². The Morgan fingerprint density at radius 3 is 2.86 bits per heavy atom. The maximum atomic E-state index is 11.7. The molecule has 0 aliphatic rings. The molecule has 0 aliphatic heterocycles. The highest BCUT2D eigenvalue weighted by atomic mass is 35.5. The van der Waals surface area contributed by atoms with Crippen LogP contribution < -0.4 is 11.1 Å². The van der Waals surface area contributed by atoms with Crippen LogP contribution in [0.15, 0.2) is 12.3 Å². The molecule has 0 bridgehead atoms. The normalized spacial score (nSPS) is 11.8. The van der Waals surface area contributed by atoms with Crippen molar-refractivity contribution in [3.63, 3.8) is 0 Å². The smallest absolute Gasteiger partial charge is 0.323 e. The van der Waals surface area contributed by atoms with Gasteiger partial charge in [0.05, 0.1) is 22.4 Å². The van der Waals surface area contributed by atoms with Gasteiger partial charge in [0.25, 0.3) is 0 Å². The summed E-state index contributed by atoms with van der Waals surface area (Å²) in [7, 11) is 0. The zero-order valence-electron chi connectivity index (χ0n) is 11.3. The molecular formula is C12H15Cl2N3O3S. The monoisotopic (exact) mass is 351 g/mol. The highest BCUT2D eigenvalue weighted by molar-refractivity contribution is 8.00. The van der Waals surface area contributed by atoms with Crippen LogP contribution in [0.4, 0.5) is 5.82 Å². The van der Waals surface area contributed by atoms with Gasteiger partial charge in [-0.25, -0.2) is 4.98 Å². The number of carbonyl (C=O) groups excluding carboxylic acids is 2. The lowest BCUT2D eigenvalue weighted by Crippen LogP contribution is -2.35. The minimum absolute atomic E-state index is 0.119. The number of aromatic nitrogens is 1. The van der Waals surface area contributed by atoms with E-state index in [1.165, 1.54) is 24.0 Å². The van der Waals surface area contributed by atoms with Gasteiger partial charge in [-0.3, -0.25) is 9.59 Å². The second-order valence-corrected chi connectivity index (χ2v) is 5.78. The summed E-state index contributed by atoms with van der Waals surface area (Å²) in [4.78, 5) is 26.9.